The Labute approximate surface area is 158 Å². The smallest absolute Gasteiger partial charge is 0.237 e. The minimum atomic E-state index is -3.65. The number of rotatable bonds is 6. The Hall–Kier alpha value is -1.96. The molecule has 140 valence electrons. The average molecular weight is 397 g/mol. The van der Waals surface area contributed by atoms with Gasteiger partial charge < -0.3 is 14.4 Å². The summed E-state index contributed by atoms with van der Waals surface area (Å²) in [4.78, 5) is 2.15. The Balaban J connectivity index is 1.83. The number of benzene rings is 2. The highest BCUT2D eigenvalue weighted by atomic mass is 35.5. The van der Waals surface area contributed by atoms with Crippen molar-refractivity contribution in [1.82, 2.24) is 0 Å². The first-order valence-corrected chi connectivity index (χ1v) is 10.3. The molecule has 0 aliphatic carbocycles. The Kier molecular flexibility index (Phi) is 5.90. The largest absolute Gasteiger partial charge is 0.495 e. The lowest BCUT2D eigenvalue weighted by atomic mass is 10.2. The lowest BCUT2D eigenvalue weighted by molar-refractivity contribution is 0.122. The van der Waals surface area contributed by atoms with Crippen molar-refractivity contribution >= 4 is 33.0 Å². The van der Waals surface area contributed by atoms with Crippen LogP contribution >= 0.6 is 11.6 Å². The third-order valence-corrected chi connectivity index (χ3v) is 5.72. The normalized spacial score (nSPS) is 14.9. The number of hydrogen-bond acceptors (Lipinski definition) is 5. The van der Waals surface area contributed by atoms with Gasteiger partial charge in [-0.2, -0.15) is 0 Å². The number of hydrogen-bond donors (Lipinski definition) is 1. The summed E-state index contributed by atoms with van der Waals surface area (Å²) >= 11 is 6.08. The van der Waals surface area contributed by atoms with Crippen LogP contribution in [0, 0.1) is 0 Å². The molecule has 0 bridgehead atoms. The van der Waals surface area contributed by atoms with Crippen LogP contribution in [-0.4, -0.2) is 41.8 Å². The second kappa shape index (κ2) is 8.16. The van der Waals surface area contributed by atoms with Gasteiger partial charge in [0.05, 0.1) is 31.8 Å². The fourth-order valence-corrected chi connectivity index (χ4v) is 4.33. The first-order chi connectivity index (χ1) is 12.5. The van der Waals surface area contributed by atoms with Gasteiger partial charge in [-0.25, -0.2) is 8.42 Å². The van der Waals surface area contributed by atoms with E-state index in [9.17, 15) is 8.42 Å². The van der Waals surface area contributed by atoms with Crippen molar-refractivity contribution in [3.8, 4) is 5.75 Å². The molecule has 3 rings (SSSR count). The van der Waals surface area contributed by atoms with Crippen molar-refractivity contribution in [3.05, 3.63) is 53.1 Å². The maximum atomic E-state index is 12.6. The predicted octanol–water partition coefficient (Wildman–Crippen LogP) is 3.13. The van der Waals surface area contributed by atoms with Crippen LogP contribution in [0.25, 0.3) is 0 Å². The second-order valence-electron chi connectivity index (χ2n) is 5.94. The molecule has 0 saturated carbocycles. The van der Waals surface area contributed by atoms with E-state index >= 15 is 0 Å². The zero-order valence-electron chi connectivity index (χ0n) is 14.4. The summed E-state index contributed by atoms with van der Waals surface area (Å²) in [5.41, 5.74) is 1.87. The van der Waals surface area contributed by atoms with Gasteiger partial charge in [-0.3, -0.25) is 4.72 Å². The standard InChI is InChI=1S/C18H21ClN2O4S/c1-24-18-7-6-15(21-8-10-25-11-9-21)12-17(18)20-26(22,23)13-14-4-2-3-5-16(14)19/h2-7,12,20H,8-11,13H2,1H3. The van der Waals surface area contributed by atoms with Gasteiger partial charge in [-0.15, -0.1) is 0 Å². The van der Waals surface area contributed by atoms with Crippen molar-refractivity contribution < 1.29 is 17.9 Å². The second-order valence-corrected chi connectivity index (χ2v) is 8.07. The number of methoxy groups -OCH3 is 1. The van der Waals surface area contributed by atoms with Crippen LogP contribution in [-0.2, 0) is 20.5 Å². The summed E-state index contributed by atoms with van der Waals surface area (Å²) in [6.45, 7) is 2.83. The minimum absolute atomic E-state index is 0.211. The van der Waals surface area contributed by atoms with Gasteiger partial charge in [0.1, 0.15) is 5.75 Å². The summed E-state index contributed by atoms with van der Waals surface area (Å²) in [6, 6.07) is 12.4. The van der Waals surface area contributed by atoms with E-state index < -0.39 is 10.0 Å². The van der Waals surface area contributed by atoms with E-state index in [0.717, 1.165) is 18.8 Å². The molecular formula is C18H21ClN2O4S. The van der Waals surface area contributed by atoms with Crippen molar-refractivity contribution in [2.45, 2.75) is 5.75 Å². The molecule has 0 atom stereocenters. The van der Waals surface area contributed by atoms with E-state index in [1.165, 1.54) is 7.11 Å². The topological polar surface area (TPSA) is 67.9 Å². The van der Waals surface area contributed by atoms with E-state index in [0.29, 0.717) is 35.2 Å². The SMILES string of the molecule is COc1ccc(N2CCOCC2)cc1NS(=O)(=O)Cc1ccccc1Cl. The molecule has 1 saturated heterocycles. The number of ether oxygens (including phenoxy) is 2. The van der Waals surface area contributed by atoms with Gasteiger partial charge >= 0.3 is 0 Å². The van der Waals surface area contributed by atoms with Crippen molar-refractivity contribution in [3.63, 3.8) is 0 Å². The lowest BCUT2D eigenvalue weighted by Crippen LogP contribution is -2.36. The molecule has 26 heavy (non-hydrogen) atoms. The Morgan fingerprint density at radius 2 is 1.92 bits per heavy atom. The van der Waals surface area contributed by atoms with Gasteiger partial charge in [-0.05, 0) is 29.8 Å². The third kappa shape index (κ3) is 4.60. The molecule has 0 spiro atoms. The van der Waals surface area contributed by atoms with Crippen LogP contribution in [0.4, 0.5) is 11.4 Å². The summed E-state index contributed by atoms with van der Waals surface area (Å²) in [5, 5.41) is 0.423. The van der Waals surface area contributed by atoms with Crippen LogP contribution in [0.15, 0.2) is 42.5 Å². The molecule has 2 aromatic carbocycles. The molecule has 0 radical (unpaired) electrons. The highest BCUT2D eigenvalue weighted by Gasteiger charge is 2.18. The van der Waals surface area contributed by atoms with Crippen LogP contribution in [0.1, 0.15) is 5.56 Å². The lowest BCUT2D eigenvalue weighted by Gasteiger charge is -2.29. The summed E-state index contributed by atoms with van der Waals surface area (Å²) in [5.74, 6) is 0.252. The molecule has 1 aliphatic heterocycles. The van der Waals surface area contributed by atoms with Gasteiger partial charge in [-0.1, -0.05) is 29.8 Å². The van der Waals surface area contributed by atoms with E-state index in [4.69, 9.17) is 21.1 Å². The molecule has 1 heterocycles. The Morgan fingerprint density at radius 1 is 1.19 bits per heavy atom. The highest BCUT2D eigenvalue weighted by Crippen LogP contribution is 2.31. The summed E-state index contributed by atoms with van der Waals surface area (Å²) < 4.78 is 38.5. The quantitative estimate of drug-likeness (QED) is 0.812. The molecule has 0 unspecified atom stereocenters. The first-order valence-electron chi connectivity index (χ1n) is 8.23. The number of anilines is 2. The maximum absolute atomic E-state index is 12.6. The van der Waals surface area contributed by atoms with Gasteiger partial charge in [0.2, 0.25) is 10.0 Å². The van der Waals surface area contributed by atoms with Crippen molar-refractivity contribution in [2.75, 3.05) is 43.0 Å². The molecule has 1 fully saturated rings. The van der Waals surface area contributed by atoms with Gasteiger partial charge in [0.15, 0.2) is 0 Å². The number of morpholine rings is 1. The zero-order valence-corrected chi connectivity index (χ0v) is 16.0. The van der Waals surface area contributed by atoms with E-state index in [2.05, 4.69) is 9.62 Å². The predicted molar refractivity (Wildman–Crippen MR) is 104 cm³/mol. The molecule has 6 nitrogen and oxygen atoms in total. The fourth-order valence-electron chi connectivity index (χ4n) is 2.82. The monoisotopic (exact) mass is 396 g/mol. The number of halogens is 1. The van der Waals surface area contributed by atoms with Crippen molar-refractivity contribution in [2.24, 2.45) is 0 Å². The number of nitrogens with one attached hydrogen (secondary N) is 1. The van der Waals surface area contributed by atoms with Crippen LogP contribution in [0.2, 0.25) is 5.02 Å². The van der Waals surface area contributed by atoms with E-state index in [1.54, 1.807) is 36.4 Å². The minimum Gasteiger partial charge on any atom is -0.495 e. The molecular weight excluding hydrogens is 376 g/mol. The molecule has 2 aromatic rings. The van der Waals surface area contributed by atoms with Crippen LogP contribution in [0.3, 0.4) is 0 Å². The number of sulfonamides is 1. The van der Waals surface area contributed by atoms with Crippen LogP contribution in [0.5, 0.6) is 5.75 Å². The summed E-state index contributed by atoms with van der Waals surface area (Å²) in [7, 11) is -2.14. The van der Waals surface area contributed by atoms with Crippen LogP contribution < -0.4 is 14.4 Å². The fraction of sp³-hybridized carbons (Fsp3) is 0.333. The highest BCUT2D eigenvalue weighted by molar-refractivity contribution is 7.91. The maximum Gasteiger partial charge on any atom is 0.237 e. The zero-order chi connectivity index (χ0) is 18.6. The Bertz CT molecular complexity index is 867. The molecule has 1 aliphatic rings. The van der Waals surface area contributed by atoms with Gasteiger partial charge in [0.25, 0.3) is 0 Å². The van der Waals surface area contributed by atoms with Crippen molar-refractivity contribution in [1.29, 1.82) is 0 Å². The molecule has 0 amide bonds. The molecule has 8 heteroatoms. The van der Waals surface area contributed by atoms with E-state index in [-0.39, 0.29) is 5.75 Å². The molecule has 0 aromatic heterocycles. The third-order valence-electron chi connectivity index (χ3n) is 4.13. The van der Waals surface area contributed by atoms with E-state index in [1.807, 2.05) is 6.07 Å². The molecule has 1 N–H and O–H groups in total. The number of nitrogens with zero attached hydrogens (tertiary/aromatic N) is 1. The first kappa shape index (κ1) is 18.8. The Morgan fingerprint density at radius 3 is 2.62 bits per heavy atom. The average Bonchev–Trinajstić information content (AvgIpc) is 2.64. The van der Waals surface area contributed by atoms with Gasteiger partial charge in [0, 0.05) is 23.8 Å². The summed E-state index contributed by atoms with van der Waals surface area (Å²) in [6.07, 6.45) is 0.